The average Bonchev–Trinajstić information content (AvgIpc) is 3.76. The van der Waals surface area contributed by atoms with Gasteiger partial charge in [0.25, 0.3) is 5.56 Å². The van der Waals surface area contributed by atoms with E-state index in [1.54, 1.807) is 0 Å². The molecule has 10 atom stereocenters. The van der Waals surface area contributed by atoms with Gasteiger partial charge < -0.3 is 40.0 Å². The maximum Gasteiger partial charge on any atom is 0.472 e. The van der Waals surface area contributed by atoms with Crippen LogP contribution in [-0.2, 0) is 36.7 Å². The monoisotopic (exact) mass is 698 g/mol. The number of phosphoric acid groups is 1. The van der Waals surface area contributed by atoms with Crippen molar-refractivity contribution < 1.29 is 46.7 Å². The number of aliphatic hydroxyl groups excluding tert-OH is 1. The molecule has 7 N–H and O–H groups in total. The molecular weight excluding hydrogens is 666 g/mol. The molecule has 0 spiro atoms. The normalized spacial score (nSPS) is 36.6. The van der Waals surface area contributed by atoms with Gasteiger partial charge in [-0.15, -0.1) is 0 Å². The number of aromatic amines is 1. The number of nitrogens with two attached hydrogens (primary N) is 2. The second-order valence-corrected chi connectivity index (χ2v) is 14.8. The molecule has 2 bridgehead atoms. The van der Waals surface area contributed by atoms with Crippen molar-refractivity contribution in [3.05, 3.63) is 29.3 Å². The molecule has 21 nitrogen and oxygen atoms in total. The number of anilines is 2. The number of aliphatic hydroxyl groups is 1. The lowest BCUT2D eigenvalue weighted by Crippen LogP contribution is -2.36. The van der Waals surface area contributed by atoms with Gasteiger partial charge in [-0.1, -0.05) is 13.3 Å². The fourth-order valence-corrected chi connectivity index (χ4v) is 8.34. The molecule has 47 heavy (non-hydrogen) atoms. The number of ether oxygens (including phenoxy) is 2. The summed E-state index contributed by atoms with van der Waals surface area (Å²) in [6.07, 6.45) is -3.65. The largest absolute Gasteiger partial charge is 0.472 e. The van der Waals surface area contributed by atoms with E-state index in [0.29, 0.717) is 12.8 Å². The second kappa shape index (κ2) is 12.0. The number of phosphoric ester groups is 1. The number of nitrogen functional groups attached to an aromatic ring is 2. The van der Waals surface area contributed by atoms with Crippen LogP contribution in [0.2, 0.25) is 0 Å². The maximum atomic E-state index is 13.9. The van der Waals surface area contributed by atoms with Crippen molar-refractivity contribution in [3.8, 4) is 0 Å². The van der Waals surface area contributed by atoms with Crippen LogP contribution in [0.5, 0.6) is 0 Å². The Morgan fingerprint density at radius 1 is 0.957 bits per heavy atom. The van der Waals surface area contributed by atoms with Crippen molar-refractivity contribution in [2.75, 3.05) is 31.3 Å². The summed E-state index contributed by atoms with van der Waals surface area (Å²) in [4.78, 5) is 46.3. The van der Waals surface area contributed by atoms with E-state index in [2.05, 4.69) is 29.9 Å². The minimum Gasteiger partial charge on any atom is -0.386 e. The predicted octanol–water partition coefficient (Wildman–Crippen LogP) is 0.436. The van der Waals surface area contributed by atoms with Crippen molar-refractivity contribution in [1.29, 1.82) is 0 Å². The van der Waals surface area contributed by atoms with Gasteiger partial charge in [0.2, 0.25) is 5.95 Å². The van der Waals surface area contributed by atoms with E-state index in [0.717, 1.165) is 0 Å². The number of hydrogen-bond donors (Lipinski definition) is 5. The summed E-state index contributed by atoms with van der Waals surface area (Å²) >= 11 is 0. The summed E-state index contributed by atoms with van der Waals surface area (Å²) in [6, 6.07) is 0. The third-order valence-corrected chi connectivity index (χ3v) is 10.5. The van der Waals surface area contributed by atoms with E-state index < -0.39 is 83.1 Å². The van der Waals surface area contributed by atoms with Gasteiger partial charge >= 0.3 is 15.4 Å². The Hall–Kier alpha value is -3.36. The van der Waals surface area contributed by atoms with E-state index in [9.17, 15) is 23.9 Å². The summed E-state index contributed by atoms with van der Waals surface area (Å²) in [5.74, 6) is -0.623. The fourth-order valence-electron chi connectivity index (χ4n) is 6.19. The highest BCUT2D eigenvalue weighted by molar-refractivity contribution is 7.53. The summed E-state index contributed by atoms with van der Waals surface area (Å²) in [7, 11) is -8.89. The Bertz CT molecular complexity index is 1970. The minimum atomic E-state index is -4.91. The predicted molar refractivity (Wildman–Crippen MR) is 160 cm³/mol. The molecule has 3 saturated heterocycles. The Balaban J connectivity index is 1.23. The number of nitrogens with zero attached hydrogens (tertiary/aromatic N) is 7. The van der Waals surface area contributed by atoms with Crippen molar-refractivity contribution in [2.24, 2.45) is 5.92 Å². The number of imidazole rings is 2. The number of aromatic nitrogens is 8. The zero-order chi connectivity index (χ0) is 33.2. The van der Waals surface area contributed by atoms with E-state index in [-0.39, 0.29) is 34.1 Å². The van der Waals surface area contributed by atoms with Gasteiger partial charge in [0.15, 0.2) is 35.1 Å². The Labute approximate surface area is 264 Å². The topological polar surface area (TPSA) is 289 Å². The second-order valence-electron chi connectivity index (χ2n) is 11.4. The Morgan fingerprint density at radius 2 is 1.66 bits per heavy atom. The lowest BCUT2D eigenvalue weighted by atomic mass is 9.93. The third-order valence-electron chi connectivity index (χ3n) is 8.26. The molecule has 0 amide bonds. The molecule has 7 rings (SSSR count). The van der Waals surface area contributed by atoms with Crippen LogP contribution < -0.4 is 17.0 Å². The molecular formula is C24H32N10O11P2. The molecule has 4 aromatic heterocycles. The van der Waals surface area contributed by atoms with Crippen LogP contribution >= 0.6 is 15.4 Å². The van der Waals surface area contributed by atoms with Crippen molar-refractivity contribution in [3.63, 3.8) is 0 Å². The summed E-state index contributed by atoms with van der Waals surface area (Å²) in [6.45, 7) is 2.19. The Morgan fingerprint density at radius 3 is 2.43 bits per heavy atom. The van der Waals surface area contributed by atoms with Crippen molar-refractivity contribution >= 4 is 49.5 Å². The number of fused-ring (bicyclic) bond motifs is 5. The first kappa shape index (κ1) is 32.2. The average molecular weight is 699 g/mol. The fraction of sp³-hybridized carbons (Fsp3) is 0.583. The van der Waals surface area contributed by atoms with E-state index in [4.69, 9.17) is 39.0 Å². The van der Waals surface area contributed by atoms with Gasteiger partial charge in [-0.25, -0.2) is 24.5 Å². The van der Waals surface area contributed by atoms with E-state index in [1.807, 2.05) is 6.92 Å². The van der Waals surface area contributed by atoms with Crippen LogP contribution in [0.4, 0.5) is 11.8 Å². The van der Waals surface area contributed by atoms with Gasteiger partial charge in [-0.05, 0) is 6.42 Å². The molecule has 0 radical (unpaired) electrons. The molecule has 254 valence electrons. The first-order valence-electron chi connectivity index (χ1n) is 14.6. The molecule has 0 aromatic carbocycles. The molecule has 4 aromatic rings. The molecule has 3 fully saturated rings. The van der Waals surface area contributed by atoms with Crippen LogP contribution in [0.25, 0.3) is 22.3 Å². The highest BCUT2D eigenvalue weighted by atomic mass is 31.2. The number of nitrogens with one attached hydrogen (secondary N) is 1. The zero-order valence-corrected chi connectivity index (χ0v) is 26.7. The summed E-state index contributed by atoms with van der Waals surface area (Å²) in [5.41, 5.74) is 11.6. The number of H-pyrrole nitrogens is 1. The molecule has 3 aliphatic rings. The van der Waals surface area contributed by atoms with Crippen molar-refractivity contribution in [1.82, 2.24) is 39.0 Å². The van der Waals surface area contributed by atoms with Crippen molar-refractivity contribution in [2.45, 2.75) is 62.7 Å². The van der Waals surface area contributed by atoms with Gasteiger partial charge in [0.1, 0.15) is 36.3 Å². The third kappa shape index (κ3) is 5.86. The van der Waals surface area contributed by atoms with Crippen LogP contribution in [-0.4, -0.2) is 99.4 Å². The van der Waals surface area contributed by atoms with Gasteiger partial charge in [0.05, 0.1) is 32.0 Å². The highest BCUT2D eigenvalue weighted by Gasteiger charge is 2.53. The molecule has 0 aliphatic carbocycles. The lowest BCUT2D eigenvalue weighted by molar-refractivity contribution is -0.0622. The first-order valence-corrected chi connectivity index (χ1v) is 18.0. The molecule has 23 heteroatoms. The van der Waals surface area contributed by atoms with Crippen LogP contribution in [0, 0.1) is 5.92 Å². The SMILES string of the molecule is CCCC1C2OP(C)(=O)OC[C@H]3O[C@@H](n4cnc5c(N)ncnc54)C(O)[C@H]3OP(=O)(O)OC[C@H]1O[C@H]2n1cnc2c(=O)[nH]c(N)nc21. The molecule has 0 saturated carbocycles. The maximum absolute atomic E-state index is 13.9. The Kier molecular flexibility index (Phi) is 8.19. The quantitative estimate of drug-likeness (QED) is 0.181. The minimum absolute atomic E-state index is 0.0239. The zero-order valence-electron chi connectivity index (χ0n) is 24.9. The molecule has 3 aliphatic heterocycles. The first-order chi connectivity index (χ1) is 22.4. The number of rotatable bonds is 4. The molecule has 5 unspecified atom stereocenters. The van der Waals surface area contributed by atoms with E-state index >= 15 is 0 Å². The van der Waals surface area contributed by atoms with Gasteiger partial charge in [0, 0.05) is 12.6 Å². The summed E-state index contributed by atoms with van der Waals surface area (Å²) in [5, 5.41) is 11.3. The van der Waals surface area contributed by atoms with Crippen LogP contribution in [0.3, 0.4) is 0 Å². The highest BCUT2D eigenvalue weighted by Crippen LogP contribution is 2.55. The van der Waals surface area contributed by atoms with E-state index in [1.165, 1.54) is 34.8 Å². The summed E-state index contributed by atoms with van der Waals surface area (Å²) < 4.78 is 65.2. The number of hydrogen-bond acceptors (Lipinski definition) is 17. The molecule has 7 heterocycles. The lowest BCUT2D eigenvalue weighted by Gasteiger charge is -2.28. The van der Waals surface area contributed by atoms with Crippen LogP contribution in [0.15, 0.2) is 23.8 Å². The van der Waals surface area contributed by atoms with Gasteiger partial charge in [-0.3, -0.25) is 32.5 Å². The standard InChI is InChI=1S/C24H32N10O11P2/c1-3-4-10-11-5-41-47(38,39)45-17-12(43-22(15(17)35)33-8-29-13-18(25)27-7-28-19(13)33)6-40-46(2,37)44-16(10)23(42-11)34-9-30-14-20(34)31-24(26)32-21(14)36/h7-12,15-17,22-23,35H,3-6H2,1-2H3,(H,38,39)(H2,25,27,28)(H3,26,31,32,36)/t10?,11-,12-,15?,16?,17+,22-,23-,46?/m1/s1. The van der Waals surface area contributed by atoms with Gasteiger partial charge in [-0.2, -0.15) is 4.98 Å². The van der Waals surface area contributed by atoms with Crippen LogP contribution in [0.1, 0.15) is 32.2 Å². The smallest absolute Gasteiger partial charge is 0.386 e.